The molecule has 1 rings (SSSR count). The van der Waals surface area contributed by atoms with Gasteiger partial charge in [-0.15, -0.1) is 0 Å². The minimum Gasteiger partial charge on any atom is -0.495 e. The van der Waals surface area contributed by atoms with Crippen LogP contribution in [0.4, 0.5) is 5.69 Å². The molecule has 0 aromatic heterocycles. The Hall–Kier alpha value is -1.71. The van der Waals surface area contributed by atoms with Gasteiger partial charge < -0.3 is 15.4 Å². The first-order chi connectivity index (χ1) is 9.36. The number of nitrogens with two attached hydrogens (primary N) is 1. The maximum Gasteiger partial charge on any atom is 0.256 e. The Bertz CT molecular complexity index is 446. The summed E-state index contributed by atoms with van der Waals surface area (Å²) in [5.41, 5.74) is 6.96. The van der Waals surface area contributed by atoms with Gasteiger partial charge in [0.2, 0.25) is 0 Å². The van der Waals surface area contributed by atoms with Crippen molar-refractivity contribution in [1.29, 1.82) is 0 Å². The number of carbonyl (C=O) groups is 1. The molecule has 0 heterocycles. The molecule has 0 spiro atoms. The van der Waals surface area contributed by atoms with Crippen LogP contribution >= 0.6 is 0 Å². The summed E-state index contributed by atoms with van der Waals surface area (Å²) in [4.78, 5) is 14.6. The van der Waals surface area contributed by atoms with Gasteiger partial charge in [0.25, 0.3) is 5.91 Å². The molecule has 0 aliphatic heterocycles. The molecule has 0 aliphatic carbocycles. The standard InChI is InChI=1S/C16H26N2O2/c1-11(2)9-18(10-12(3)4)16(19)13-7-6-8-14(20-5)15(13)17/h6-8,11-12H,9-10,17H2,1-5H3. The first kappa shape index (κ1) is 16.3. The van der Waals surface area contributed by atoms with Gasteiger partial charge in [0, 0.05) is 13.1 Å². The Morgan fingerprint density at radius 3 is 2.20 bits per heavy atom. The molecule has 0 radical (unpaired) electrons. The molecule has 0 aliphatic rings. The highest BCUT2D eigenvalue weighted by Crippen LogP contribution is 2.26. The van der Waals surface area contributed by atoms with Crippen molar-refractivity contribution < 1.29 is 9.53 Å². The molecule has 0 atom stereocenters. The van der Waals surface area contributed by atoms with E-state index >= 15 is 0 Å². The van der Waals surface area contributed by atoms with E-state index in [1.54, 1.807) is 25.3 Å². The molecular weight excluding hydrogens is 252 g/mol. The highest BCUT2D eigenvalue weighted by Gasteiger charge is 2.21. The summed E-state index contributed by atoms with van der Waals surface area (Å²) in [6.45, 7) is 9.89. The lowest BCUT2D eigenvalue weighted by molar-refractivity contribution is 0.0716. The Kier molecular flexibility index (Phi) is 5.86. The summed E-state index contributed by atoms with van der Waals surface area (Å²) in [5.74, 6) is 1.36. The van der Waals surface area contributed by atoms with Crippen molar-refractivity contribution in [2.24, 2.45) is 11.8 Å². The predicted octanol–water partition coefficient (Wildman–Crippen LogP) is 3.03. The van der Waals surface area contributed by atoms with E-state index in [4.69, 9.17) is 10.5 Å². The van der Waals surface area contributed by atoms with Crippen LogP contribution in [0.3, 0.4) is 0 Å². The number of para-hydroxylation sites is 1. The molecule has 1 aromatic rings. The fraction of sp³-hybridized carbons (Fsp3) is 0.562. The minimum absolute atomic E-state index is 0.0243. The molecule has 112 valence electrons. The summed E-state index contributed by atoms with van der Waals surface area (Å²) < 4.78 is 5.18. The van der Waals surface area contributed by atoms with Crippen molar-refractivity contribution in [2.75, 3.05) is 25.9 Å². The van der Waals surface area contributed by atoms with Crippen molar-refractivity contribution in [3.05, 3.63) is 23.8 Å². The second-order valence-electron chi connectivity index (χ2n) is 5.92. The van der Waals surface area contributed by atoms with Crippen LogP contribution in [-0.2, 0) is 0 Å². The smallest absolute Gasteiger partial charge is 0.256 e. The molecule has 0 saturated heterocycles. The summed E-state index contributed by atoms with van der Waals surface area (Å²) in [6, 6.07) is 5.32. The van der Waals surface area contributed by atoms with Crippen LogP contribution in [0.1, 0.15) is 38.1 Å². The van der Waals surface area contributed by atoms with Crippen molar-refractivity contribution >= 4 is 11.6 Å². The average Bonchev–Trinajstić information content (AvgIpc) is 2.36. The summed E-state index contributed by atoms with van der Waals surface area (Å²) in [7, 11) is 1.56. The van der Waals surface area contributed by atoms with Crippen LogP contribution in [0.5, 0.6) is 5.75 Å². The number of anilines is 1. The molecule has 0 fully saturated rings. The number of benzene rings is 1. The molecule has 4 nitrogen and oxygen atoms in total. The fourth-order valence-corrected chi connectivity index (χ4v) is 2.20. The topological polar surface area (TPSA) is 55.6 Å². The van der Waals surface area contributed by atoms with Crippen molar-refractivity contribution in [3.63, 3.8) is 0 Å². The van der Waals surface area contributed by atoms with E-state index in [9.17, 15) is 4.79 Å². The third-order valence-corrected chi connectivity index (χ3v) is 2.97. The molecule has 2 N–H and O–H groups in total. The van der Waals surface area contributed by atoms with E-state index in [0.29, 0.717) is 28.8 Å². The van der Waals surface area contributed by atoms with Crippen LogP contribution in [0.15, 0.2) is 18.2 Å². The number of nitrogens with zero attached hydrogens (tertiary/aromatic N) is 1. The fourth-order valence-electron chi connectivity index (χ4n) is 2.20. The van der Waals surface area contributed by atoms with Gasteiger partial charge in [-0.1, -0.05) is 33.8 Å². The second kappa shape index (κ2) is 7.17. The van der Waals surface area contributed by atoms with Crippen molar-refractivity contribution in [1.82, 2.24) is 4.90 Å². The second-order valence-corrected chi connectivity index (χ2v) is 5.92. The number of hydrogen-bond acceptors (Lipinski definition) is 3. The quantitative estimate of drug-likeness (QED) is 0.814. The lowest BCUT2D eigenvalue weighted by Crippen LogP contribution is -2.37. The van der Waals surface area contributed by atoms with E-state index < -0.39 is 0 Å². The van der Waals surface area contributed by atoms with E-state index in [2.05, 4.69) is 27.7 Å². The van der Waals surface area contributed by atoms with E-state index in [-0.39, 0.29) is 5.91 Å². The SMILES string of the molecule is COc1cccc(C(=O)N(CC(C)C)CC(C)C)c1N. The predicted molar refractivity (Wildman–Crippen MR) is 83.0 cm³/mol. The number of nitrogen functional groups attached to an aromatic ring is 1. The Morgan fingerprint density at radius 1 is 1.20 bits per heavy atom. The zero-order chi connectivity index (χ0) is 15.3. The van der Waals surface area contributed by atoms with Crippen molar-refractivity contribution in [3.8, 4) is 5.75 Å². The number of hydrogen-bond donors (Lipinski definition) is 1. The molecule has 1 aromatic carbocycles. The zero-order valence-corrected chi connectivity index (χ0v) is 13.1. The van der Waals surface area contributed by atoms with Gasteiger partial charge in [-0.05, 0) is 24.0 Å². The number of methoxy groups -OCH3 is 1. The highest BCUT2D eigenvalue weighted by atomic mass is 16.5. The number of amides is 1. The number of carbonyl (C=O) groups excluding carboxylic acids is 1. The molecule has 0 unspecified atom stereocenters. The lowest BCUT2D eigenvalue weighted by atomic mass is 10.1. The first-order valence-electron chi connectivity index (χ1n) is 7.08. The molecule has 4 heteroatoms. The van der Waals surface area contributed by atoms with Crippen LogP contribution in [0, 0.1) is 11.8 Å². The van der Waals surface area contributed by atoms with Crippen LogP contribution in [0.25, 0.3) is 0 Å². The monoisotopic (exact) mass is 278 g/mol. The Labute approximate surface area is 121 Å². The van der Waals surface area contributed by atoms with E-state index in [0.717, 1.165) is 13.1 Å². The van der Waals surface area contributed by atoms with E-state index in [1.165, 1.54) is 0 Å². The minimum atomic E-state index is -0.0243. The third kappa shape index (κ3) is 4.15. The number of ether oxygens (including phenoxy) is 1. The van der Waals surface area contributed by atoms with Crippen LogP contribution < -0.4 is 10.5 Å². The largest absolute Gasteiger partial charge is 0.495 e. The van der Waals surface area contributed by atoms with Crippen LogP contribution in [-0.4, -0.2) is 31.0 Å². The van der Waals surface area contributed by atoms with Crippen LogP contribution in [0.2, 0.25) is 0 Å². The number of rotatable bonds is 6. The first-order valence-corrected chi connectivity index (χ1v) is 7.08. The molecule has 1 amide bonds. The van der Waals surface area contributed by atoms with E-state index in [1.807, 2.05) is 4.90 Å². The molecule has 0 saturated carbocycles. The van der Waals surface area contributed by atoms with Crippen molar-refractivity contribution in [2.45, 2.75) is 27.7 Å². The average molecular weight is 278 g/mol. The van der Waals surface area contributed by atoms with Gasteiger partial charge in [-0.3, -0.25) is 4.79 Å². The Morgan fingerprint density at radius 2 is 1.75 bits per heavy atom. The molecule has 20 heavy (non-hydrogen) atoms. The van der Waals surface area contributed by atoms with Gasteiger partial charge in [-0.25, -0.2) is 0 Å². The normalized spacial score (nSPS) is 10.9. The van der Waals surface area contributed by atoms with Gasteiger partial charge in [0.15, 0.2) is 0 Å². The summed E-state index contributed by atoms with van der Waals surface area (Å²) in [5, 5.41) is 0. The lowest BCUT2D eigenvalue weighted by Gasteiger charge is -2.27. The summed E-state index contributed by atoms with van der Waals surface area (Å²) >= 11 is 0. The maximum atomic E-state index is 12.7. The van der Waals surface area contributed by atoms with Gasteiger partial charge in [0.05, 0.1) is 18.4 Å². The highest BCUT2D eigenvalue weighted by molar-refractivity contribution is 6.00. The Balaban J connectivity index is 3.05. The van der Waals surface area contributed by atoms with Gasteiger partial charge >= 0.3 is 0 Å². The zero-order valence-electron chi connectivity index (χ0n) is 13.1. The third-order valence-electron chi connectivity index (χ3n) is 2.97. The van der Waals surface area contributed by atoms with Gasteiger partial charge in [0.1, 0.15) is 5.75 Å². The summed E-state index contributed by atoms with van der Waals surface area (Å²) in [6.07, 6.45) is 0. The maximum absolute atomic E-state index is 12.7. The van der Waals surface area contributed by atoms with Gasteiger partial charge in [-0.2, -0.15) is 0 Å². The molecule has 0 bridgehead atoms. The molecular formula is C16H26N2O2.